The minimum atomic E-state index is 0.175. The number of hydrogen-bond acceptors (Lipinski definition) is 3. The molecule has 0 radical (unpaired) electrons. The molecule has 0 fully saturated rings. The van der Waals surface area contributed by atoms with Gasteiger partial charge in [0.2, 0.25) is 0 Å². The van der Waals surface area contributed by atoms with E-state index in [-0.39, 0.29) is 6.04 Å². The lowest BCUT2D eigenvalue weighted by atomic mass is 10.0. The average molecular weight is 313 g/mol. The van der Waals surface area contributed by atoms with Crippen molar-refractivity contribution < 1.29 is 4.74 Å². The molecular weight excluding hydrogens is 284 g/mol. The van der Waals surface area contributed by atoms with Crippen LogP contribution in [0.2, 0.25) is 5.02 Å². The predicted molar refractivity (Wildman–Crippen MR) is 92.3 cm³/mol. The first-order valence-electron chi connectivity index (χ1n) is 7.75. The van der Waals surface area contributed by atoms with E-state index < -0.39 is 0 Å². The highest BCUT2D eigenvalue weighted by molar-refractivity contribution is 6.31. The Bertz CT molecular complexity index is 423. The van der Waals surface area contributed by atoms with Crippen LogP contribution < -0.4 is 10.6 Å². The van der Waals surface area contributed by atoms with E-state index in [9.17, 15) is 0 Å². The zero-order valence-electron chi connectivity index (χ0n) is 13.7. The lowest BCUT2D eigenvalue weighted by Crippen LogP contribution is -2.31. The van der Waals surface area contributed by atoms with Gasteiger partial charge >= 0.3 is 0 Å². The van der Waals surface area contributed by atoms with E-state index in [2.05, 4.69) is 43.9 Å². The monoisotopic (exact) mass is 312 g/mol. The standard InChI is InChI=1S/C17H29ClN2O/c1-5-15(19)10-14-6-7-16(11-17(14)18)20(8-9-21-4)12-13(2)3/h6-7,11,13,15H,5,8-10,12,19H2,1-4H3. The normalized spacial score (nSPS) is 12.7. The zero-order chi connectivity index (χ0) is 15.8. The summed E-state index contributed by atoms with van der Waals surface area (Å²) < 4.78 is 5.21. The van der Waals surface area contributed by atoms with Gasteiger partial charge in [-0.2, -0.15) is 0 Å². The number of methoxy groups -OCH3 is 1. The number of benzene rings is 1. The molecule has 0 aliphatic rings. The summed E-state index contributed by atoms with van der Waals surface area (Å²) in [5.41, 5.74) is 8.30. The summed E-state index contributed by atoms with van der Waals surface area (Å²) in [5.74, 6) is 0.592. The molecule has 1 aromatic carbocycles. The summed E-state index contributed by atoms with van der Waals surface area (Å²) in [6.45, 7) is 9.12. The summed E-state index contributed by atoms with van der Waals surface area (Å²) in [6.07, 6.45) is 1.79. The Balaban J connectivity index is 2.86. The number of nitrogens with zero attached hydrogens (tertiary/aromatic N) is 1. The largest absolute Gasteiger partial charge is 0.383 e. The molecule has 1 unspecified atom stereocenters. The van der Waals surface area contributed by atoms with Crippen molar-refractivity contribution in [3.8, 4) is 0 Å². The Kier molecular flexibility index (Phi) is 8.09. The third-order valence-corrected chi connectivity index (χ3v) is 3.91. The number of anilines is 1. The molecule has 0 aliphatic heterocycles. The van der Waals surface area contributed by atoms with E-state index in [1.54, 1.807) is 7.11 Å². The van der Waals surface area contributed by atoms with Gasteiger partial charge in [-0.3, -0.25) is 0 Å². The van der Waals surface area contributed by atoms with Gasteiger partial charge in [0.15, 0.2) is 0 Å². The maximum absolute atomic E-state index is 6.43. The van der Waals surface area contributed by atoms with Gasteiger partial charge in [-0.05, 0) is 36.5 Å². The fraction of sp³-hybridized carbons (Fsp3) is 0.647. The van der Waals surface area contributed by atoms with E-state index in [0.717, 1.165) is 42.2 Å². The number of nitrogens with two attached hydrogens (primary N) is 1. The van der Waals surface area contributed by atoms with Gasteiger partial charge in [0.05, 0.1) is 6.61 Å². The highest BCUT2D eigenvalue weighted by atomic mass is 35.5. The van der Waals surface area contributed by atoms with Gasteiger partial charge in [-0.1, -0.05) is 38.4 Å². The molecule has 4 heteroatoms. The van der Waals surface area contributed by atoms with Crippen LogP contribution in [0.3, 0.4) is 0 Å². The van der Waals surface area contributed by atoms with Gasteiger partial charge in [0, 0.05) is 37.0 Å². The van der Waals surface area contributed by atoms with Crippen molar-refractivity contribution in [2.75, 3.05) is 31.7 Å². The van der Waals surface area contributed by atoms with Crippen LogP contribution in [0.15, 0.2) is 18.2 Å². The van der Waals surface area contributed by atoms with Crippen LogP contribution in [0.1, 0.15) is 32.8 Å². The third kappa shape index (κ3) is 6.25. The topological polar surface area (TPSA) is 38.5 Å². The number of rotatable bonds is 9. The molecule has 1 rings (SSSR count). The summed E-state index contributed by atoms with van der Waals surface area (Å²) >= 11 is 6.43. The minimum Gasteiger partial charge on any atom is -0.383 e. The lowest BCUT2D eigenvalue weighted by molar-refractivity contribution is 0.204. The third-order valence-electron chi connectivity index (χ3n) is 3.56. The zero-order valence-corrected chi connectivity index (χ0v) is 14.5. The summed E-state index contributed by atoms with van der Waals surface area (Å²) in [5, 5.41) is 0.808. The van der Waals surface area contributed by atoms with E-state index in [1.165, 1.54) is 0 Å². The number of halogens is 1. The van der Waals surface area contributed by atoms with E-state index in [4.69, 9.17) is 22.1 Å². The Hall–Kier alpha value is -0.770. The SMILES string of the molecule is CCC(N)Cc1ccc(N(CCOC)CC(C)C)cc1Cl. The minimum absolute atomic E-state index is 0.175. The molecule has 0 saturated carbocycles. The van der Waals surface area contributed by atoms with Crippen molar-refractivity contribution in [3.05, 3.63) is 28.8 Å². The molecule has 0 spiro atoms. The van der Waals surface area contributed by atoms with Crippen LogP contribution in [0.5, 0.6) is 0 Å². The van der Waals surface area contributed by atoms with E-state index in [1.807, 2.05) is 0 Å². The molecule has 1 atom stereocenters. The molecule has 0 heterocycles. The highest BCUT2D eigenvalue weighted by Gasteiger charge is 2.12. The fourth-order valence-corrected chi connectivity index (χ4v) is 2.55. The Morgan fingerprint density at radius 1 is 1.33 bits per heavy atom. The number of ether oxygens (including phenoxy) is 1. The van der Waals surface area contributed by atoms with Crippen LogP contribution in [0.4, 0.5) is 5.69 Å². The first-order valence-corrected chi connectivity index (χ1v) is 8.13. The first-order chi connectivity index (χ1) is 9.97. The second-order valence-electron chi connectivity index (χ2n) is 5.98. The van der Waals surface area contributed by atoms with E-state index in [0.29, 0.717) is 12.5 Å². The van der Waals surface area contributed by atoms with Gasteiger partial charge in [0.25, 0.3) is 0 Å². The molecule has 0 bridgehead atoms. The van der Waals surface area contributed by atoms with Crippen LogP contribution in [-0.2, 0) is 11.2 Å². The Labute approximate surface area is 134 Å². The first kappa shape index (κ1) is 18.3. The van der Waals surface area contributed by atoms with Crippen molar-refractivity contribution in [2.24, 2.45) is 11.7 Å². The van der Waals surface area contributed by atoms with E-state index >= 15 is 0 Å². The van der Waals surface area contributed by atoms with Crippen LogP contribution in [0.25, 0.3) is 0 Å². The van der Waals surface area contributed by atoms with Gasteiger partial charge in [-0.15, -0.1) is 0 Å². The molecule has 21 heavy (non-hydrogen) atoms. The summed E-state index contributed by atoms with van der Waals surface area (Å²) in [7, 11) is 1.73. The molecule has 0 aromatic heterocycles. The quantitative estimate of drug-likeness (QED) is 0.755. The second kappa shape index (κ2) is 9.29. The maximum Gasteiger partial charge on any atom is 0.0637 e. The predicted octanol–water partition coefficient (Wildman–Crippen LogP) is 3.73. The fourth-order valence-electron chi connectivity index (χ4n) is 2.29. The lowest BCUT2D eigenvalue weighted by Gasteiger charge is -2.27. The molecular formula is C17H29ClN2O. The average Bonchev–Trinajstić information content (AvgIpc) is 2.45. The van der Waals surface area contributed by atoms with Gasteiger partial charge in [-0.25, -0.2) is 0 Å². The molecule has 1 aromatic rings. The smallest absolute Gasteiger partial charge is 0.0637 e. The van der Waals surface area contributed by atoms with Crippen LogP contribution in [0, 0.1) is 5.92 Å². The van der Waals surface area contributed by atoms with Gasteiger partial charge < -0.3 is 15.4 Å². The molecule has 3 nitrogen and oxygen atoms in total. The van der Waals surface area contributed by atoms with Crippen molar-refractivity contribution in [3.63, 3.8) is 0 Å². The van der Waals surface area contributed by atoms with Gasteiger partial charge in [0.1, 0.15) is 0 Å². The van der Waals surface area contributed by atoms with Crippen LogP contribution >= 0.6 is 11.6 Å². The summed E-state index contributed by atoms with van der Waals surface area (Å²) in [6, 6.07) is 6.47. The molecule has 120 valence electrons. The summed E-state index contributed by atoms with van der Waals surface area (Å²) in [4.78, 5) is 2.32. The van der Waals surface area contributed by atoms with Crippen molar-refractivity contribution in [1.29, 1.82) is 0 Å². The Morgan fingerprint density at radius 3 is 2.57 bits per heavy atom. The number of hydrogen-bond donors (Lipinski definition) is 1. The molecule has 0 aliphatic carbocycles. The van der Waals surface area contributed by atoms with Crippen molar-refractivity contribution in [1.82, 2.24) is 0 Å². The molecule has 2 N–H and O–H groups in total. The Morgan fingerprint density at radius 2 is 2.05 bits per heavy atom. The van der Waals surface area contributed by atoms with Crippen LogP contribution in [-0.4, -0.2) is 32.8 Å². The highest BCUT2D eigenvalue weighted by Crippen LogP contribution is 2.25. The second-order valence-corrected chi connectivity index (χ2v) is 6.39. The maximum atomic E-state index is 6.43. The molecule has 0 amide bonds. The molecule has 0 saturated heterocycles. The van der Waals surface area contributed by atoms with Crippen molar-refractivity contribution in [2.45, 2.75) is 39.7 Å². The van der Waals surface area contributed by atoms with Crippen molar-refractivity contribution >= 4 is 17.3 Å².